The number of ether oxygens (including phenoxy) is 3. The van der Waals surface area contributed by atoms with Crippen LogP contribution in [0.4, 0.5) is 5.69 Å². The summed E-state index contributed by atoms with van der Waals surface area (Å²) in [5.74, 6) is 2.14. The molecule has 0 bridgehead atoms. The maximum Gasteiger partial charge on any atom is 0.174 e. The maximum absolute atomic E-state index is 5.79. The van der Waals surface area contributed by atoms with Crippen LogP contribution in [0.25, 0.3) is 0 Å². The molecule has 0 saturated carbocycles. The van der Waals surface area contributed by atoms with Gasteiger partial charge in [-0.1, -0.05) is 24.3 Å². The number of rotatable bonds is 9. The molecule has 0 spiro atoms. The minimum Gasteiger partial charge on any atom is -0.493 e. The second-order valence-electron chi connectivity index (χ2n) is 6.77. The molecule has 3 rings (SSSR count). The van der Waals surface area contributed by atoms with Crippen LogP contribution in [-0.2, 0) is 13.1 Å². The standard InChI is InChI=1S/C24H27N3O3S/c1-4-30-21-10-6-5-9-20(21)26-24(31)27(17-19-8-7-13-25-15-19)16-18-11-12-22(28-2)23(14-18)29-3/h5-15H,4,16-17H2,1-3H3,(H,26,31). The van der Waals surface area contributed by atoms with E-state index in [1.807, 2.05) is 67.7 Å². The van der Waals surface area contributed by atoms with Crippen molar-refractivity contribution in [3.05, 3.63) is 78.1 Å². The van der Waals surface area contributed by atoms with E-state index in [2.05, 4.69) is 15.2 Å². The Kier molecular flexibility index (Phi) is 8.06. The summed E-state index contributed by atoms with van der Waals surface area (Å²) in [5.41, 5.74) is 2.94. The Hall–Kier alpha value is -3.32. The SMILES string of the molecule is CCOc1ccccc1NC(=S)N(Cc1cccnc1)Cc1ccc(OC)c(OC)c1. The number of hydrogen-bond acceptors (Lipinski definition) is 5. The predicted molar refractivity (Wildman–Crippen MR) is 127 cm³/mol. The van der Waals surface area contributed by atoms with Crippen LogP contribution in [0.3, 0.4) is 0 Å². The zero-order valence-electron chi connectivity index (χ0n) is 18.0. The van der Waals surface area contributed by atoms with Crippen LogP contribution in [0.15, 0.2) is 67.0 Å². The molecule has 0 aliphatic carbocycles. The highest BCUT2D eigenvalue weighted by Crippen LogP contribution is 2.29. The van der Waals surface area contributed by atoms with E-state index >= 15 is 0 Å². The molecule has 7 heteroatoms. The Bertz CT molecular complexity index is 998. The largest absolute Gasteiger partial charge is 0.493 e. The molecule has 162 valence electrons. The Morgan fingerprint density at radius 3 is 2.42 bits per heavy atom. The van der Waals surface area contributed by atoms with E-state index in [0.29, 0.717) is 36.3 Å². The number of hydrogen-bond donors (Lipinski definition) is 1. The summed E-state index contributed by atoms with van der Waals surface area (Å²) in [5, 5.41) is 3.93. The van der Waals surface area contributed by atoms with Gasteiger partial charge in [-0.25, -0.2) is 0 Å². The van der Waals surface area contributed by atoms with Crippen LogP contribution >= 0.6 is 12.2 Å². The van der Waals surface area contributed by atoms with Crippen LogP contribution in [0, 0.1) is 0 Å². The molecule has 6 nitrogen and oxygen atoms in total. The first-order valence-electron chi connectivity index (χ1n) is 10.0. The van der Waals surface area contributed by atoms with Gasteiger partial charge >= 0.3 is 0 Å². The lowest BCUT2D eigenvalue weighted by Gasteiger charge is -2.27. The third kappa shape index (κ3) is 6.08. The molecule has 0 amide bonds. The normalized spacial score (nSPS) is 10.3. The van der Waals surface area contributed by atoms with Gasteiger partial charge in [-0.2, -0.15) is 0 Å². The van der Waals surface area contributed by atoms with E-state index in [4.69, 9.17) is 26.4 Å². The fourth-order valence-electron chi connectivity index (χ4n) is 3.16. The first-order valence-corrected chi connectivity index (χ1v) is 10.4. The highest BCUT2D eigenvalue weighted by molar-refractivity contribution is 7.80. The summed E-state index contributed by atoms with van der Waals surface area (Å²) >= 11 is 5.79. The Labute approximate surface area is 188 Å². The van der Waals surface area contributed by atoms with Crippen LogP contribution in [-0.4, -0.2) is 35.8 Å². The molecule has 2 aromatic carbocycles. The number of nitrogens with zero attached hydrogens (tertiary/aromatic N) is 2. The smallest absolute Gasteiger partial charge is 0.174 e. The van der Waals surface area contributed by atoms with Gasteiger partial charge in [-0.3, -0.25) is 4.98 Å². The highest BCUT2D eigenvalue weighted by atomic mass is 32.1. The van der Waals surface area contributed by atoms with E-state index in [9.17, 15) is 0 Å². The molecule has 3 aromatic rings. The van der Waals surface area contributed by atoms with Crippen molar-refractivity contribution in [2.75, 3.05) is 26.1 Å². The van der Waals surface area contributed by atoms with Gasteiger partial charge in [-0.15, -0.1) is 0 Å². The third-order valence-electron chi connectivity index (χ3n) is 4.63. The lowest BCUT2D eigenvalue weighted by molar-refractivity contribution is 0.341. The molecule has 0 atom stereocenters. The summed E-state index contributed by atoms with van der Waals surface area (Å²) in [7, 11) is 3.26. The zero-order chi connectivity index (χ0) is 22.1. The van der Waals surface area contributed by atoms with Crippen molar-refractivity contribution in [2.24, 2.45) is 0 Å². The first kappa shape index (κ1) is 22.4. The van der Waals surface area contributed by atoms with Crippen molar-refractivity contribution < 1.29 is 14.2 Å². The predicted octanol–water partition coefficient (Wildman–Crippen LogP) is 4.90. The summed E-state index contributed by atoms with van der Waals surface area (Å²) in [4.78, 5) is 6.31. The molecule has 0 aliphatic rings. The van der Waals surface area contributed by atoms with Gasteiger partial charge in [0, 0.05) is 25.5 Å². The molecule has 0 fully saturated rings. The molecule has 1 aromatic heterocycles. The maximum atomic E-state index is 5.79. The fraction of sp³-hybridized carbons (Fsp3) is 0.250. The van der Waals surface area contributed by atoms with Gasteiger partial charge in [0.1, 0.15) is 5.75 Å². The number of methoxy groups -OCH3 is 2. The Morgan fingerprint density at radius 2 is 1.71 bits per heavy atom. The number of benzene rings is 2. The van der Waals surface area contributed by atoms with Crippen molar-refractivity contribution in [3.8, 4) is 17.2 Å². The molecular formula is C24H27N3O3S. The van der Waals surface area contributed by atoms with Crippen molar-refractivity contribution in [3.63, 3.8) is 0 Å². The number of anilines is 1. The first-order chi connectivity index (χ1) is 15.1. The lowest BCUT2D eigenvalue weighted by Crippen LogP contribution is -2.34. The summed E-state index contributed by atoms with van der Waals surface area (Å²) < 4.78 is 16.5. The van der Waals surface area contributed by atoms with Crippen LogP contribution < -0.4 is 19.5 Å². The second-order valence-corrected chi connectivity index (χ2v) is 7.15. The van der Waals surface area contributed by atoms with E-state index < -0.39 is 0 Å². The molecule has 1 heterocycles. The zero-order valence-corrected chi connectivity index (χ0v) is 18.8. The minimum absolute atomic E-state index is 0.580. The van der Waals surface area contributed by atoms with Crippen molar-refractivity contribution in [2.45, 2.75) is 20.0 Å². The van der Waals surface area contributed by atoms with Crippen LogP contribution in [0.1, 0.15) is 18.1 Å². The summed E-state index contributed by atoms with van der Waals surface area (Å²) in [6, 6.07) is 17.6. The quantitative estimate of drug-likeness (QED) is 0.478. The minimum atomic E-state index is 0.580. The Balaban J connectivity index is 1.85. The van der Waals surface area contributed by atoms with Gasteiger partial charge < -0.3 is 24.4 Å². The third-order valence-corrected chi connectivity index (χ3v) is 4.99. The van der Waals surface area contributed by atoms with Crippen molar-refractivity contribution in [1.29, 1.82) is 0 Å². The summed E-state index contributed by atoms with van der Waals surface area (Å²) in [6.07, 6.45) is 3.61. The van der Waals surface area contributed by atoms with Gasteiger partial charge in [-0.05, 0) is 60.6 Å². The number of nitrogens with one attached hydrogen (secondary N) is 1. The number of para-hydroxylation sites is 2. The topological polar surface area (TPSA) is 55.9 Å². The average Bonchev–Trinajstić information content (AvgIpc) is 2.80. The fourth-order valence-corrected chi connectivity index (χ4v) is 3.40. The molecule has 1 N–H and O–H groups in total. The number of thiocarbonyl (C=S) groups is 1. The summed E-state index contributed by atoms with van der Waals surface area (Å²) in [6.45, 7) is 3.72. The molecule has 0 aliphatic heterocycles. The van der Waals surface area contributed by atoms with E-state index in [-0.39, 0.29) is 0 Å². The van der Waals surface area contributed by atoms with E-state index in [0.717, 1.165) is 22.6 Å². The van der Waals surface area contributed by atoms with Gasteiger partial charge in [0.15, 0.2) is 16.6 Å². The van der Waals surface area contributed by atoms with Crippen molar-refractivity contribution in [1.82, 2.24) is 9.88 Å². The van der Waals surface area contributed by atoms with E-state index in [1.54, 1.807) is 20.4 Å². The van der Waals surface area contributed by atoms with Gasteiger partial charge in [0.25, 0.3) is 0 Å². The van der Waals surface area contributed by atoms with Gasteiger partial charge in [0.2, 0.25) is 0 Å². The van der Waals surface area contributed by atoms with Crippen LogP contribution in [0.2, 0.25) is 0 Å². The second kappa shape index (κ2) is 11.2. The molecule has 0 radical (unpaired) electrons. The lowest BCUT2D eigenvalue weighted by atomic mass is 10.1. The monoisotopic (exact) mass is 437 g/mol. The number of aromatic nitrogens is 1. The average molecular weight is 438 g/mol. The van der Waals surface area contributed by atoms with Crippen molar-refractivity contribution >= 4 is 23.0 Å². The van der Waals surface area contributed by atoms with Crippen LogP contribution in [0.5, 0.6) is 17.2 Å². The molecular weight excluding hydrogens is 410 g/mol. The molecule has 0 saturated heterocycles. The molecule has 0 unspecified atom stereocenters. The highest BCUT2D eigenvalue weighted by Gasteiger charge is 2.15. The van der Waals surface area contributed by atoms with E-state index in [1.165, 1.54) is 0 Å². The Morgan fingerprint density at radius 1 is 0.935 bits per heavy atom. The van der Waals surface area contributed by atoms with Gasteiger partial charge in [0.05, 0.1) is 26.5 Å². The molecule has 31 heavy (non-hydrogen) atoms. The number of pyridine rings is 1.